The van der Waals surface area contributed by atoms with Crippen LogP contribution in [0.25, 0.3) is 21.5 Å². The van der Waals surface area contributed by atoms with E-state index in [0.29, 0.717) is 0 Å². The summed E-state index contributed by atoms with van der Waals surface area (Å²) < 4.78 is 0. The molecule has 0 heterocycles. The van der Waals surface area contributed by atoms with Crippen LogP contribution in [-0.4, -0.2) is 11.0 Å². The molecule has 4 rings (SSSR count). The molecule has 0 spiro atoms. The number of halogens is 2. The number of hydrogen-bond donors (Lipinski definition) is 0. The van der Waals surface area contributed by atoms with E-state index in [0.717, 1.165) is 0 Å². The fraction of sp³-hybridized carbons (Fsp3) is 0. The van der Waals surface area contributed by atoms with E-state index < -0.39 is 0 Å². The molecule has 4 heteroatoms. The number of hydrogen-bond acceptors (Lipinski definition) is 0. The second-order valence-electron chi connectivity index (χ2n) is 4.31. The zero-order chi connectivity index (χ0) is 12.2. The van der Waals surface area contributed by atoms with E-state index in [-0.39, 0.29) is 69.0 Å². The van der Waals surface area contributed by atoms with Crippen molar-refractivity contribution in [2.24, 2.45) is 0 Å². The second-order valence-corrected chi connectivity index (χ2v) is 4.31. The fourth-order valence-corrected chi connectivity index (χ4v) is 2.14. The maximum absolute atomic E-state index is 2.12. The molecule has 23 heavy (non-hydrogen) atoms. The van der Waals surface area contributed by atoms with Crippen LogP contribution in [0.15, 0.2) is 84.9 Å². The van der Waals surface area contributed by atoms with Crippen LogP contribution in [0, 0.1) is 7.43 Å². The Morgan fingerprint density at radius 2 is 0.913 bits per heavy atom. The molecule has 0 atom stereocenters. The van der Waals surface area contributed by atoms with Crippen molar-refractivity contribution in [3.8, 4) is 0 Å². The maximum Gasteiger partial charge on any atom is 0 e. The van der Waals surface area contributed by atoms with Gasteiger partial charge in [-0.05, 0) is 0 Å². The van der Waals surface area contributed by atoms with Gasteiger partial charge in [-0.1, -0.05) is 12.1 Å². The van der Waals surface area contributed by atoms with Crippen LogP contribution in [-0.2, 0) is 25.8 Å². The Morgan fingerprint density at radius 1 is 0.565 bits per heavy atom. The average Bonchev–Trinajstić information content (AvgIpc) is 3.08. The molecule has 0 aliphatic heterocycles. The average molecular weight is 525 g/mol. The van der Waals surface area contributed by atoms with E-state index in [4.69, 9.17) is 0 Å². The molecule has 0 aliphatic carbocycles. The molecule has 0 nitrogen and oxygen atoms in total. The molecule has 120 valence electrons. The van der Waals surface area contributed by atoms with Gasteiger partial charge < -0.3 is 7.43 Å². The molecular weight excluding hydrogens is 506 g/mol. The van der Waals surface area contributed by atoms with E-state index >= 15 is 0 Å². The van der Waals surface area contributed by atoms with Crippen molar-refractivity contribution < 1.29 is 25.8 Å². The molecule has 0 bridgehead atoms. The summed E-state index contributed by atoms with van der Waals surface area (Å²) in [4.78, 5) is 0. The first-order valence-corrected chi connectivity index (χ1v) is 6.14. The van der Waals surface area contributed by atoms with Gasteiger partial charge in [0.25, 0.3) is 0 Å². The first-order chi connectivity index (χ1) is 8.93. The van der Waals surface area contributed by atoms with E-state index in [9.17, 15) is 0 Å². The zero-order valence-corrected chi connectivity index (χ0v) is 19.1. The summed E-state index contributed by atoms with van der Waals surface area (Å²) in [7, 11) is 0. The van der Waals surface area contributed by atoms with Gasteiger partial charge in [-0.2, -0.15) is 35.0 Å². The summed E-state index contributed by atoms with van der Waals surface area (Å²) in [6.07, 6.45) is 0. The Bertz CT molecular complexity index is 635. The van der Waals surface area contributed by atoms with Crippen molar-refractivity contribution in [3.05, 3.63) is 92.4 Å². The van der Waals surface area contributed by atoms with Gasteiger partial charge in [0.1, 0.15) is 0 Å². The van der Waals surface area contributed by atoms with Crippen LogP contribution in [0.4, 0.5) is 0 Å². The summed E-state index contributed by atoms with van der Waals surface area (Å²) in [5.41, 5.74) is 0. The monoisotopic (exact) mass is 525 g/mol. The van der Waals surface area contributed by atoms with Gasteiger partial charge in [-0.15, -0.1) is 84.1 Å². The van der Waals surface area contributed by atoms with Crippen molar-refractivity contribution in [3.63, 3.8) is 0 Å². The summed E-state index contributed by atoms with van der Waals surface area (Å²) in [5.74, 6) is 0. The Morgan fingerprint density at radius 3 is 1.26 bits per heavy atom. The number of rotatable bonds is 0. The smallest absolute Gasteiger partial charge is 0 e. The van der Waals surface area contributed by atoms with Crippen molar-refractivity contribution >= 4 is 57.3 Å². The molecule has 4 radical (unpaired) electrons. The third-order valence-corrected chi connectivity index (χ3v) is 3.10. The first-order valence-electron chi connectivity index (χ1n) is 6.14. The van der Waals surface area contributed by atoms with Crippen molar-refractivity contribution in [1.29, 1.82) is 0 Å². The topological polar surface area (TPSA) is 0 Å². The Hall–Kier alpha value is -0.673. The van der Waals surface area contributed by atoms with E-state index in [1.165, 1.54) is 21.5 Å². The second kappa shape index (κ2) is 13.7. The van der Waals surface area contributed by atoms with E-state index in [2.05, 4.69) is 84.9 Å². The standard InChI is InChI=1S/2C9H7.CH3.2ClH.Hf.Si/c2*1-2-5-9-7-3-6-8(9)4-1;;;;;/h2*1-7H;1H3;2*1H;;/q3*-1;;;;. The SMILES string of the molecule is Cl.Cl.[CH3-].[Hf].[Si].c1ccc2[cH-]ccc2c1.c1ccc2[cH-]ccc2c1. The summed E-state index contributed by atoms with van der Waals surface area (Å²) in [5, 5.41) is 5.32. The molecule has 0 fully saturated rings. The van der Waals surface area contributed by atoms with Crippen molar-refractivity contribution in [2.45, 2.75) is 0 Å². The molecule has 0 saturated heterocycles. The normalized spacial score (nSPS) is 8.00. The molecule has 0 aromatic heterocycles. The van der Waals surface area contributed by atoms with Gasteiger partial charge in [-0.3, -0.25) is 0 Å². The van der Waals surface area contributed by atoms with Crippen LogP contribution in [0.5, 0.6) is 0 Å². The molecule has 0 aliphatic rings. The summed E-state index contributed by atoms with van der Waals surface area (Å²) in [6, 6.07) is 29.3. The van der Waals surface area contributed by atoms with Gasteiger partial charge in [0, 0.05) is 36.8 Å². The van der Waals surface area contributed by atoms with Gasteiger partial charge >= 0.3 is 0 Å². The quantitative estimate of drug-likeness (QED) is 0.195. The van der Waals surface area contributed by atoms with Gasteiger partial charge in [0.2, 0.25) is 0 Å². The van der Waals surface area contributed by atoms with Crippen LogP contribution in [0.3, 0.4) is 0 Å². The van der Waals surface area contributed by atoms with E-state index in [1.807, 2.05) is 0 Å². The van der Waals surface area contributed by atoms with Gasteiger partial charge in [-0.25, -0.2) is 0 Å². The molecule has 0 amide bonds. The Balaban J connectivity index is -0.000000286. The largest absolute Gasteiger partial charge is 0.358 e. The molecule has 0 N–H and O–H groups in total. The van der Waals surface area contributed by atoms with Crippen LogP contribution >= 0.6 is 24.8 Å². The maximum atomic E-state index is 2.12. The molecule has 4 aromatic carbocycles. The third kappa shape index (κ3) is 7.17. The van der Waals surface area contributed by atoms with Crippen LogP contribution in [0.2, 0.25) is 0 Å². The van der Waals surface area contributed by atoms with Crippen molar-refractivity contribution in [2.75, 3.05) is 0 Å². The summed E-state index contributed by atoms with van der Waals surface area (Å²) >= 11 is 0. The molecule has 0 saturated carbocycles. The van der Waals surface area contributed by atoms with Gasteiger partial charge in [0.05, 0.1) is 0 Å². The van der Waals surface area contributed by atoms with Gasteiger partial charge in [0.15, 0.2) is 0 Å². The first kappa shape index (κ1) is 27.2. The predicted molar refractivity (Wildman–Crippen MR) is 106 cm³/mol. The van der Waals surface area contributed by atoms with Crippen LogP contribution in [0.1, 0.15) is 0 Å². The zero-order valence-electron chi connectivity index (χ0n) is 12.9. The minimum absolute atomic E-state index is 0. The van der Waals surface area contributed by atoms with Crippen LogP contribution < -0.4 is 0 Å². The number of fused-ring (bicyclic) bond motifs is 2. The minimum atomic E-state index is 0. The molecular formula is C19H19Cl2HfSi-3. The predicted octanol–water partition coefficient (Wildman–Crippen LogP) is 6.03. The Labute approximate surface area is 174 Å². The third-order valence-electron chi connectivity index (χ3n) is 3.10. The van der Waals surface area contributed by atoms with Crippen molar-refractivity contribution in [1.82, 2.24) is 0 Å². The van der Waals surface area contributed by atoms with E-state index in [1.54, 1.807) is 0 Å². The summed E-state index contributed by atoms with van der Waals surface area (Å²) in [6.45, 7) is 0. The molecule has 0 unspecified atom stereocenters. The Kier molecular flexibility index (Phi) is 16.2. The number of benzene rings is 2. The molecule has 4 aromatic rings. The minimum Gasteiger partial charge on any atom is -0.358 e. The fourth-order valence-electron chi connectivity index (χ4n) is 2.14.